The van der Waals surface area contributed by atoms with Gasteiger partial charge in [0, 0.05) is 18.2 Å². The second kappa shape index (κ2) is 3.57. The van der Waals surface area contributed by atoms with Crippen molar-refractivity contribution < 1.29 is 0 Å². The largest absolute Gasteiger partial charge is 0.321 e. The van der Waals surface area contributed by atoms with Crippen molar-refractivity contribution in [2.45, 2.75) is 38.6 Å². The maximum Gasteiger partial charge on any atom is 0.113 e. The minimum atomic E-state index is -0.0514. The summed E-state index contributed by atoms with van der Waals surface area (Å²) < 4.78 is 2.18. The highest BCUT2D eigenvalue weighted by atomic mass is 15.0. The summed E-state index contributed by atoms with van der Waals surface area (Å²) in [5.74, 6) is 1.77. The van der Waals surface area contributed by atoms with Crippen LogP contribution in [0.25, 0.3) is 5.52 Å². The topological polar surface area (TPSA) is 43.3 Å². The summed E-state index contributed by atoms with van der Waals surface area (Å²) in [6.07, 6.45) is 7.29. The zero-order valence-corrected chi connectivity index (χ0v) is 10.5. The van der Waals surface area contributed by atoms with Crippen LogP contribution in [-0.2, 0) is 12.0 Å². The summed E-state index contributed by atoms with van der Waals surface area (Å²) in [4.78, 5) is 4.50. The molecule has 2 aromatic heterocycles. The third kappa shape index (κ3) is 1.84. The van der Waals surface area contributed by atoms with E-state index in [4.69, 9.17) is 5.73 Å². The van der Waals surface area contributed by atoms with Gasteiger partial charge in [-0.1, -0.05) is 13.8 Å². The Labute approximate surface area is 102 Å². The van der Waals surface area contributed by atoms with Crippen LogP contribution in [0.4, 0.5) is 0 Å². The third-order valence-electron chi connectivity index (χ3n) is 3.56. The lowest BCUT2D eigenvalue weighted by atomic mass is 10.1. The van der Waals surface area contributed by atoms with Gasteiger partial charge in [-0.05, 0) is 36.5 Å². The van der Waals surface area contributed by atoms with Gasteiger partial charge >= 0.3 is 0 Å². The number of imidazole rings is 1. The average molecular weight is 229 g/mol. The molecule has 0 saturated heterocycles. The Bertz CT molecular complexity index is 550. The van der Waals surface area contributed by atoms with E-state index in [1.807, 2.05) is 6.20 Å². The van der Waals surface area contributed by atoms with Crippen molar-refractivity contribution in [3.05, 3.63) is 35.9 Å². The van der Waals surface area contributed by atoms with E-state index in [9.17, 15) is 0 Å². The minimum absolute atomic E-state index is 0.0514. The number of nitrogens with two attached hydrogens (primary N) is 1. The number of fused-ring (bicyclic) bond motifs is 1. The molecule has 1 aliphatic carbocycles. The van der Waals surface area contributed by atoms with E-state index in [1.54, 1.807) is 0 Å². The SMILES string of the molecule is CC(C)Cc1ncc2cc(C3(N)CC3)ccn12. The van der Waals surface area contributed by atoms with Crippen molar-refractivity contribution >= 4 is 5.52 Å². The minimum Gasteiger partial charge on any atom is -0.321 e. The van der Waals surface area contributed by atoms with Gasteiger partial charge < -0.3 is 10.1 Å². The van der Waals surface area contributed by atoms with Crippen LogP contribution in [0.5, 0.6) is 0 Å². The highest BCUT2D eigenvalue weighted by molar-refractivity contribution is 5.51. The fraction of sp³-hybridized carbons (Fsp3) is 0.500. The lowest BCUT2D eigenvalue weighted by Gasteiger charge is -2.10. The van der Waals surface area contributed by atoms with Crippen LogP contribution in [0.15, 0.2) is 24.5 Å². The number of aromatic nitrogens is 2. The van der Waals surface area contributed by atoms with Crippen LogP contribution in [0.2, 0.25) is 0 Å². The molecule has 1 aliphatic rings. The quantitative estimate of drug-likeness (QED) is 0.878. The van der Waals surface area contributed by atoms with Gasteiger partial charge in [-0.15, -0.1) is 0 Å². The maximum atomic E-state index is 6.22. The second-order valence-electron chi connectivity index (χ2n) is 5.64. The summed E-state index contributed by atoms with van der Waals surface area (Å²) in [6.45, 7) is 4.43. The Balaban J connectivity index is 2.02. The standard InChI is InChI=1S/C14H19N3/c1-10(2)7-13-16-9-12-8-11(3-6-17(12)13)14(15)4-5-14/h3,6,8-10H,4-5,7,15H2,1-2H3. The van der Waals surface area contributed by atoms with E-state index in [-0.39, 0.29) is 5.54 Å². The highest BCUT2D eigenvalue weighted by Crippen LogP contribution is 2.42. The summed E-state index contributed by atoms with van der Waals surface area (Å²) in [7, 11) is 0. The molecule has 3 heteroatoms. The van der Waals surface area contributed by atoms with Crippen LogP contribution in [0, 0.1) is 5.92 Å². The van der Waals surface area contributed by atoms with Gasteiger partial charge in [0.25, 0.3) is 0 Å². The number of nitrogens with zero attached hydrogens (tertiary/aromatic N) is 2. The molecule has 1 fully saturated rings. The van der Waals surface area contributed by atoms with E-state index in [2.05, 4.69) is 41.6 Å². The summed E-state index contributed by atoms with van der Waals surface area (Å²) >= 11 is 0. The van der Waals surface area contributed by atoms with Gasteiger partial charge in [0.2, 0.25) is 0 Å². The third-order valence-corrected chi connectivity index (χ3v) is 3.56. The summed E-state index contributed by atoms with van der Waals surface area (Å²) in [5.41, 5.74) is 8.58. The van der Waals surface area contributed by atoms with E-state index >= 15 is 0 Å². The zero-order chi connectivity index (χ0) is 12.0. The molecule has 2 N–H and O–H groups in total. The predicted molar refractivity (Wildman–Crippen MR) is 68.8 cm³/mol. The Hall–Kier alpha value is -1.35. The Morgan fingerprint density at radius 1 is 1.47 bits per heavy atom. The van der Waals surface area contributed by atoms with Gasteiger partial charge in [-0.2, -0.15) is 0 Å². The highest BCUT2D eigenvalue weighted by Gasteiger charge is 2.40. The molecule has 0 atom stereocenters. The molecule has 0 radical (unpaired) electrons. The van der Waals surface area contributed by atoms with Crippen LogP contribution < -0.4 is 5.73 Å². The van der Waals surface area contributed by atoms with Gasteiger partial charge in [-0.25, -0.2) is 4.98 Å². The van der Waals surface area contributed by atoms with Crippen LogP contribution in [-0.4, -0.2) is 9.38 Å². The molecule has 90 valence electrons. The Morgan fingerprint density at radius 2 is 2.24 bits per heavy atom. The first-order valence-electron chi connectivity index (χ1n) is 6.34. The first-order valence-corrected chi connectivity index (χ1v) is 6.34. The van der Waals surface area contributed by atoms with Crippen molar-refractivity contribution in [3.63, 3.8) is 0 Å². The van der Waals surface area contributed by atoms with Gasteiger partial charge in [0.05, 0.1) is 11.7 Å². The Kier molecular flexibility index (Phi) is 2.26. The number of rotatable bonds is 3. The van der Waals surface area contributed by atoms with Crippen molar-refractivity contribution in [2.75, 3.05) is 0 Å². The van der Waals surface area contributed by atoms with Crippen molar-refractivity contribution in [3.8, 4) is 0 Å². The molecule has 2 aromatic rings. The fourth-order valence-electron chi connectivity index (χ4n) is 2.30. The zero-order valence-electron chi connectivity index (χ0n) is 10.5. The fourth-order valence-corrected chi connectivity index (χ4v) is 2.30. The first-order chi connectivity index (χ1) is 8.08. The molecule has 1 saturated carbocycles. The smallest absolute Gasteiger partial charge is 0.113 e. The van der Waals surface area contributed by atoms with E-state index in [0.717, 1.165) is 30.6 Å². The summed E-state index contributed by atoms with van der Waals surface area (Å²) in [5, 5.41) is 0. The molecule has 0 amide bonds. The average Bonchev–Trinajstić information content (AvgIpc) is 2.91. The van der Waals surface area contributed by atoms with Gasteiger partial charge in [0.15, 0.2) is 0 Å². The first kappa shape index (κ1) is 10.8. The van der Waals surface area contributed by atoms with Gasteiger partial charge in [-0.3, -0.25) is 0 Å². The Morgan fingerprint density at radius 3 is 2.88 bits per heavy atom. The molecule has 0 bridgehead atoms. The lowest BCUT2D eigenvalue weighted by molar-refractivity contribution is 0.619. The molecule has 0 unspecified atom stereocenters. The molecule has 17 heavy (non-hydrogen) atoms. The number of pyridine rings is 1. The maximum absolute atomic E-state index is 6.22. The van der Waals surface area contributed by atoms with Crippen molar-refractivity contribution in [1.82, 2.24) is 9.38 Å². The molecular formula is C14H19N3. The van der Waals surface area contributed by atoms with Crippen LogP contribution in [0.3, 0.4) is 0 Å². The second-order valence-corrected chi connectivity index (χ2v) is 5.64. The van der Waals surface area contributed by atoms with Crippen molar-refractivity contribution in [2.24, 2.45) is 11.7 Å². The molecular weight excluding hydrogens is 210 g/mol. The monoisotopic (exact) mass is 229 g/mol. The van der Waals surface area contributed by atoms with Crippen molar-refractivity contribution in [1.29, 1.82) is 0 Å². The van der Waals surface area contributed by atoms with Crippen LogP contribution in [0.1, 0.15) is 38.1 Å². The predicted octanol–water partition coefficient (Wildman–Crippen LogP) is 2.48. The lowest BCUT2D eigenvalue weighted by Crippen LogP contribution is -2.18. The molecule has 0 spiro atoms. The van der Waals surface area contributed by atoms with Crippen LogP contribution >= 0.6 is 0 Å². The van der Waals surface area contributed by atoms with Gasteiger partial charge in [0.1, 0.15) is 5.82 Å². The van der Waals surface area contributed by atoms with E-state index in [1.165, 1.54) is 5.56 Å². The normalized spacial score (nSPS) is 17.9. The molecule has 3 nitrogen and oxygen atoms in total. The number of hydrogen-bond donors (Lipinski definition) is 1. The van der Waals surface area contributed by atoms with E-state index in [0.29, 0.717) is 5.92 Å². The number of hydrogen-bond acceptors (Lipinski definition) is 2. The molecule has 0 aromatic carbocycles. The molecule has 0 aliphatic heterocycles. The molecule has 3 rings (SSSR count). The van der Waals surface area contributed by atoms with E-state index < -0.39 is 0 Å². The molecule has 2 heterocycles. The summed E-state index contributed by atoms with van der Waals surface area (Å²) in [6, 6.07) is 4.33.